The zero-order valence-corrected chi connectivity index (χ0v) is 14.1. The molecule has 0 saturated heterocycles. The summed E-state index contributed by atoms with van der Waals surface area (Å²) in [5.41, 5.74) is 4.49. The van der Waals surface area contributed by atoms with E-state index in [4.69, 9.17) is 0 Å². The highest BCUT2D eigenvalue weighted by Gasteiger charge is 2.15. The van der Waals surface area contributed by atoms with Gasteiger partial charge in [-0.15, -0.1) is 0 Å². The highest BCUT2D eigenvalue weighted by molar-refractivity contribution is 7.99. The van der Waals surface area contributed by atoms with E-state index in [0.29, 0.717) is 5.56 Å². The van der Waals surface area contributed by atoms with Crippen LogP contribution in [0.25, 0.3) is 11.3 Å². The molecule has 1 amide bonds. The van der Waals surface area contributed by atoms with Crippen molar-refractivity contribution in [1.29, 1.82) is 0 Å². The van der Waals surface area contributed by atoms with E-state index in [0.717, 1.165) is 40.0 Å². The van der Waals surface area contributed by atoms with Crippen molar-refractivity contribution in [3.63, 3.8) is 0 Å². The normalized spacial score (nSPS) is 12.9. The van der Waals surface area contributed by atoms with Crippen LogP contribution in [-0.4, -0.2) is 21.2 Å². The van der Waals surface area contributed by atoms with Crippen LogP contribution >= 0.6 is 11.8 Å². The van der Waals surface area contributed by atoms with Crippen molar-refractivity contribution in [2.45, 2.75) is 18.6 Å². The number of nitrogens with one attached hydrogen (secondary N) is 1. The van der Waals surface area contributed by atoms with Gasteiger partial charge in [-0.25, -0.2) is 4.98 Å². The molecule has 4 nitrogen and oxygen atoms in total. The first-order valence-electron chi connectivity index (χ1n) is 7.88. The Morgan fingerprint density at radius 3 is 2.71 bits per heavy atom. The average molecular weight is 335 g/mol. The SMILES string of the molecule is Cc1ccccc1C(=O)Nc1ccc(-c2cn3c(n2)SCC3)cc1. The topological polar surface area (TPSA) is 46.9 Å². The molecule has 0 unspecified atom stereocenters. The summed E-state index contributed by atoms with van der Waals surface area (Å²) < 4.78 is 2.19. The summed E-state index contributed by atoms with van der Waals surface area (Å²) in [7, 11) is 0. The molecule has 2 aromatic carbocycles. The monoisotopic (exact) mass is 335 g/mol. The van der Waals surface area contributed by atoms with Crippen LogP contribution in [0, 0.1) is 6.92 Å². The molecule has 0 fully saturated rings. The number of carbonyl (C=O) groups excluding carboxylic acids is 1. The van der Waals surface area contributed by atoms with Gasteiger partial charge in [-0.3, -0.25) is 4.79 Å². The second kappa shape index (κ2) is 6.17. The molecule has 0 radical (unpaired) electrons. The van der Waals surface area contributed by atoms with E-state index < -0.39 is 0 Å². The predicted octanol–water partition coefficient (Wildman–Crippen LogP) is 4.22. The number of hydrogen-bond donors (Lipinski definition) is 1. The number of nitrogens with zero attached hydrogens (tertiary/aromatic N) is 2. The number of aryl methyl sites for hydroxylation is 2. The fraction of sp³-hybridized carbons (Fsp3) is 0.158. The van der Waals surface area contributed by atoms with E-state index in [1.165, 1.54) is 0 Å². The van der Waals surface area contributed by atoms with Crippen LogP contribution in [0.3, 0.4) is 0 Å². The van der Waals surface area contributed by atoms with Gasteiger partial charge in [0.1, 0.15) is 0 Å². The largest absolute Gasteiger partial charge is 0.325 e. The molecule has 3 aromatic rings. The first kappa shape index (κ1) is 15.0. The third-order valence-corrected chi connectivity index (χ3v) is 5.10. The van der Waals surface area contributed by atoms with Crippen LogP contribution in [0.4, 0.5) is 5.69 Å². The molecule has 0 atom stereocenters. The molecule has 1 N–H and O–H groups in total. The van der Waals surface area contributed by atoms with E-state index in [1.807, 2.05) is 55.5 Å². The fourth-order valence-corrected chi connectivity index (χ4v) is 3.74. The maximum Gasteiger partial charge on any atom is 0.255 e. The van der Waals surface area contributed by atoms with Gasteiger partial charge in [-0.1, -0.05) is 42.1 Å². The van der Waals surface area contributed by atoms with Gasteiger partial charge in [0, 0.05) is 35.3 Å². The van der Waals surface area contributed by atoms with Crippen LogP contribution in [-0.2, 0) is 6.54 Å². The maximum absolute atomic E-state index is 12.4. The zero-order chi connectivity index (χ0) is 16.5. The standard InChI is InChI=1S/C19H17N3OS/c1-13-4-2-3-5-16(13)18(23)20-15-8-6-14(7-9-15)17-12-22-10-11-24-19(22)21-17/h2-9,12H,10-11H2,1H3,(H,20,23). The Balaban J connectivity index is 1.51. The number of fused-ring (bicyclic) bond motifs is 1. The van der Waals surface area contributed by atoms with Gasteiger partial charge in [0.05, 0.1) is 5.69 Å². The summed E-state index contributed by atoms with van der Waals surface area (Å²) >= 11 is 1.79. The molecule has 0 spiro atoms. The van der Waals surface area contributed by atoms with Crippen molar-refractivity contribution in [2.24, 2.45) is 0 Å². The first-order chi connectivity index (χ1) is 11.7. The van der Waals surface area contributed by atoms with E-state index in [2.05, 4.69) is 21.1 Å². The average Bonchev–Trinajstić information content (AvgIpc) is 3.17. The van der Waals surface area contributed by atoms with Gasteiger partial charge in [-0.05, 0) is 30.7 Å². The number of amides is 1. The third kappa shape index (κ3) is 2.83. The number of benzene rings is 2. The lowest BCUT2D eigenvalue weighted by atomic mass is 10.1. The molecule has 0 aliphatic carbocycles. The Morgan fingerprint density at radius 2 is 1.96 bits per heavy atom. The quantitative estimate of drug-likeness (QED) is 0.780. The Bertz CT molecular complexity index is 878. The zero-order valence-electron chi connectivity index (χ0n) is 13.3. The minimum Gasteiger partial charge on any atom is -0.325 e. The van der Waals surface area contributed by atoms with Crippen molar-refractivity contribution < 1.29 is 4.79 Å². The van der Waals surface area contributed by atoms with Crippen molar-refractivity contribution in [3.8, 4) is 11.3 Å². The second-order valence-electron chi connectivity index (χ2n) is 5.80. The van der Waals surface area contributed by atoms with Crippen LogP contribution in [0.2, 0.25) is 0 Å². The van der Waals surface area contributed by atoms with Crippen molar-refractivity contribution in [2.75, 3.05) is 11.1 Å². The molecule has 5 heteroatoms. The summed E-state index contributed by atoms with van der Waals surface area (Å²) in [5, 5.41) is 4.03. The molecule has 1 aliphatic rings. The highest BCUT2D eigenvalue weighted by atomic mass is 32.2. The lowest BCUT2D eigenvalue weighted by Crippen LogP contribution is -2.13. The van der Waals surface area contributed by atoms with E-state index in [-0.39, 0.29) is 5.91 Å². The minimum atomic E-state index is -0.0850. The number of rotatable bonds is 3. The van der Waals surface area contributed by atoms with Crippen molar-refractivity contribution in [1.82, 2.24) is 9.55 Å². The van der Waals surface area contributed by atoms with Gasteiger partial charge in [0.15, 0.2) is 5.16 Å². The molecule has 120 valence electrons. The summed E-state index contributed by atoms with van der Waals surface area (Å²) in [6.07, 6.45) is 2.09. The summed E-state index contributed by atoms with van der Waals surface area (Å²) in [5.74, 6) is 1.02. The van der Waals surface area contributed by atoms with Gasteiger partial charge in [0.2, 0.25) is 0 Å². The summed E-state index contributed by atoms with van der Waals surface area (Å²) in [6.45, 7) is 2.96. The third-order valence-electron chi connectivity index (χ3n) is 4.13. The number of aromatic nitrogens is 2. The predicted molar refractivity (Wildman–Crippen MR) is 97.5 cm³/mol. The summed E-state index contributed by atoms with van der Waals surface area (Å²) in [4.78, 5) is 17.0. The van der Waals surface area contributed by atoms with Crippen LogP contribution in [0.5, 0.6) is 0 Å². The lowest BCUT2D eigenvalue weighted by molar-refractivity contribution is 0.102. The number of thioether (sulfide) groups is 1. The molecule has 0 saturated carbocycles. The summed E-state index contributed by atoms with van der Waals surface area (Å²) in [6, 6.07) is 15.4. The smallest absolute Gasteiger partial charge is 0.255 e. The van der Waals surface area contributed by atoms with Crippen LogP contribution in [0.15, 0.2) is 59.9 Å². The molecular formula is C19H17N3OS. The van der Waals surface area contributed by atoms with Crippen molar-refractivity contribution >= 4 is 23.4 Å². The van der Waals surface area contributed by atoms with Crippen LogP contribution in [0.1, 0.15) is 15.9 Å². The second-order valence-corrected chi connectivity index (χ2v) is 6.86. The Hall–Kier alpha value is -2.53. The molecule has 0 bridgehead atoms. The minimum absolute atomic E-state index is 0.0850. The molecule has 4 rings (SSSR count). The van der Waals surface area contributed by atoms with Gasteiger partial charge in [0.25, 0.3) is 5.91 Å². The van der Waals surface area contributed by atoms with E-state index >= 15 is 0 Å². The van der Waals surface area contributed by atoms with Gasteiger partial charge < -0.3 is 9.88 Å². The lowest BCUT2D eigenvalue weighted by Gasteiger charge is -2.08. The van der Waals surface area contributed by atoms with Gasteiger partial charge in [-0.2, -0.15) is 0 Å². The highest BCUT2D eigenvalue weighted by Crippen LogP contribution is 2.29. The molecular weight excluding hydrogens is 318 g/mol. The van der Waals surface area contributed by atoms with E-state index in [1.54, 1.807) is 11.8 Å². The van der Waals surface area contributed by atoms with E-state index in [9.17, 15) is 4.79 Å². The van der Waals surface area contributed by atoms with Crippen molar-refractivity contribution in [3.05, 3.63) is 65.9 Å². The Labute approximate surface area is 144 Å². The number of anilines is 1. The molecule has 2 heterocycles. The first-order valence-corrected chi connectivity index (χ1v) is 8.87. The number of carbonyl (C=O) groups is 1. The van der Waals surface area contributed by atoms with Gasteiger partial charge >= 0.3 is 0 Å². The van der Waals surface area contributed by atoms with Crippen LogP contribution < -0.4 is 5.32 Å². The molecule has 1 aliphatic heterocycles. The number of imidazole rings is 1. The maximum atomic E-state index is 12.4. The number of hydrogen-bond acceptors (Lipinski definition) is 3. The fourth-order valence-electron chi connectivity index (χ4n) is 2.80. The molecule has 1 aromatic heterocycles. The molecule has 24 heavy (non-hydrogen) atoms. The Morgan fingerprint density at radius 1 is 1.17 bits per heavy atom. The Kier molecular flexibility index (Phi) is 3.86.